The van der Waals surface area contributed by atoms with E-state index in [1.165, 1.54) is 5.56 Å². The lowest BCUT2D eigenvalue weighted by Crippen LogP contribution is -2.27. The van der Waals surface area contributed by atoms with Crippen molar-refractivity contribution in [3.63, 3.8) is 0 Å². The Balaban J connectivity index is 1.40. The molecule has 0 saturated carbocycles. The van der Waals surface area contributed by atoms with Crippen LogP contribution < -0.4 is 4.74 Å². The minimum absolute atomic E-state index is 0.101. The molecule has 4 aromatic carbocycles. The molecule has 0 spiro atoms. The highest BCUT2D eigenvalue weighted by Gasteiger charge is 2.14. The molecule has 4 aromatic rings. The van der Waals surface area contributed by atoms with Crippen LogP contribution in [-0.2, 0) is 29.8 Å². The highest BCUT2D eigenvalue weighted by atomic mass is 35.5. The number of nitrogens with zero attached hydrogens (tertiary/aromatic N) is 1. The summed E-state index contributed by atoms with van der Waals surface area (Å²) in [5.41, 5.74) is 6.81. The molecule has 0 bridgehead atoms. The first kappa shape index (κ1) is 33.8. The lowest BCUT2D eigenvalue weighted by molar-refractivity contribution is -0.137. The van der Waals surface area contributed by atoms with Crippen molar-refractivity contribution < 1.29 is 24.5 Å². The van der Waals surface area contributed by atoms with E-state index < -0.39 is 11.9 Å². The molecule has 0 fully saturated rings. The number of hydrogen-bond acceptors (Lipinski definition) is 4. The molecule has 0 unspecified atom stereocenters. The van der Waals surface area contributed by atoms with Gasteiger partial charge in [0.05, 0.1) is 5.56 Å². The number of carboxylic acids is 2. The second-order valence-electron chi connectivity index (χ2n) is 12.4. The van der Waals surface area contributed by atoms with Crippen LogP contribution in [0.1, 0.15) is 72.6 Å². The predicted octanol–water partition coefficient (Wildman–Crippen LogP) is 8.88. The standard InChI is InChI=1S/C38H42ClNO5/c1-38(2,3)33-19-17-28(18-20-33)31-15-16-32(34(39)24-31)26-45-35-9-5-4-8-29(35)21-23-40(22-7-6-10-36(41)42)25-27-11-13-30(14-12-27)37(43)44/h4-5,8-9,11-20,24H,6-7,10,21-23,25-26H2,1-3H3,(H,41,42)(H,43,44). The van der Waals surface area contributed by atoms with Crippen molar-refractivity contribution in [3.05, 3.63) is 124 Å². The van der Waals surface area contributed by atoms with Gasteiger partial charge in [0.1, 0.15) is 12.4 Å². The van der Waals surface area contributed by atoms with Gasteiger partial charge in [-0.2, -0.15) is 0 Å². The monoisotopic (exact) mass is 627 g/mol. The molecule has 0 saturated heterocycles. The molecular formula is C38H42ClNO5. The van der Waals surface area contributed by atoms with Gasteiger partial charge in [0, 0.05) is 30.1 Å². The minimum Gasteiger partial charge on any atom is -0.489 e. The number of halogens is 1. The topological polar surface area (TPSA) is 87.1 Å². The van der Waals surface area contributed by atoms with Gasteiger partial charge >= 0.3 is 11.9 Å². The number of unbranched alkanes of at least 4 members (excludes halogenated alkanes) is 1. The number of carboxylic acid groups (broad SMARTS) is 2. The van der Waals surface area contributed by atoms with Crippen LogP contribution in [0.4, 0.5) is 0 Å². The van der Waals surface area contributed by atoms with Crippen LogP contribution in [0.25, 0.3) is 11.1 Å². The number of aromatic carboxylic acids is 1. The Labute approximate surface area is 271 Å². The number of aliphatic carboxylic acids is 1. The molecule has 0 amide bonds. The number of para-hydroxylation sites is 1. The lowest BCUT2D eigenvalue weighted by Gasteiger charge is -2.23. The van der Waals surface area contributed by atoms with Crippen molar-refractivity contribution in [2.45, 2.75) is 65.0 Å². The molecule has 0 aliphatic heterocycles. The van der Waals surface area contributed by atoms with Gasteiger partial charge in [0.2, 0.25) is 0 Å². The lowest BCUT2D eigenvalue weighted by atomic mass is 9.86. The van der Waals surface area contributed by atoms with Gasteiger partial charge in [-0.15, -0.1) is 0 Å². The third kappa shape index (κ3) is 10.2. The van der Waals surface area contributed by atoms with Gasteiger partial charge < -0.3 is 14.9 Å². The molecule has 2 N–H and O–H groups in total. The van der Waals surface area contributed by atoms with Gasteiger partial charge in [-0.25, -0.2) is 4.79 Å². The van der Waals surface area contributed by atoms with Crippen LogP contribution in [0.5, 0.6) is 5.75 Å². The van der Waals surface area contributed by atoms with E-state index in [0.29, 0.717) is 24.6 Å². The van der Waals surface area contributed by atoms with E-state index >= 15 is 0 Å². The van der Waals surface area contributed by atoms with E-state index in [9.17, 15) is 14.7 Å². The van der Waals surface area contributed by atoms with E-state index in [1.54, 1.807) is 12.1 Å². The van der Waals surface area contributed by atoms with E-state index in [4.69, 9.17) is 21.4 Å². The molecule has 0 radical (unpaired) electrons. The average molecular weight is 628 g/mol. The SMILES string of the molecule is CC(C)(C)c1ccc(-c2ccc(COc3ccccc3CCN(CCCCC(=O)O)Cc3ccc(C(=O)O)cc3)c(Cl)c2)cc1. The molecular weight excluding hydrogens is 586 g/mol. The Morgan fingerprint density at radius 1 is 0.800 bits per heavy atom. The number of hydrogen-bond donors (Lipinski definition) is 2. The predicted molar refractivity (Wildman–Crippen MR) is 180 cm³/mol. The van der Waals surface area contributed by atoms with Crippen LogP contribution in [0, 0.1) is 0 Å². The Morgan fingerprint density at radius 3 is 2.13 bits per heavy atom. The summed E-state index contributed by atoms with van der Waals surface area (Å²) in [5.74, 6) is -0.944. The van der Waals surface area contributed by atoms with Crippen molar-refractivity contribution in [1.82, 2.24) is 4.90 Å². The fourth-order valence-corrected chi connectivity index (χ4v) is 5.42. The van der Waals surface area contributed by atoms with E-state index in [1.807, 2.05) is 42.5 Å². The van der Waals surface area contributed by atoms with Crippen LogP contribution in [0.3, 0.4) is 0 Å². The van der Waals surface area contributed by atoms with E-state index in [2.05, 4.69) is 62.1 Å². The van der Waals surface area contributed by atoms with Gasteiger partial charge in [-0.05, 0) is 83.3 Å². The molecule has 236 valence electrons. The molecule has 45 heavy (non-hydrogen) atoms. The number of rotatable bonds is 15. The fraction of sp³-hybridized carbons (Fsp3) is 0.316. The summed E-state index contributed by atoms with van der Waals surface area (Å²) in [7, 11) is 0. The summed E-state index contributed by atoms with van der Waals surface area (Å²) in [6.45, 7) is 9.06. The Kier molecular flexibility index (Phi) is 11.8. The molecule has 0 heterocycles. The van der Waals surface area contributed by atoms with E-state index in [-0.39, 0.29) is 17.4 Å². The molecule has 0 aliphatic carbocycles. The third-order valence-electron chi connectivity index (χ3n) is 7.91. The second kappa shape index (κ2) is 15.7. The Bertz CT molecular complexity index is 1580. The smallest absolute Gasteiger partial charge is 0.335 e. The summed E-state index contributed by atoms with van der Waals surface area (Å²) in [6.07, 6.45) is 2.24. The van der Waals surface area contributed by atoms with Crippen LogP contribution >= 0.6 is 11.6 Å². The Morgan fingerprint density at radius 2 is 1.49 bits per heavy atom. The maximum absolute atomic E-state index is 11.3. The van der Waals surface area contributed by atoms with Crippen LogP contribution in [0.2, 0.25) is 5.02 Å². The first-order valence-corrected chi connectivity index (χ1v) is 15.7. The molecule has 0 aromatic heterocycles. The molecule has 6 nitrogen and oxygen atoms in total. The normalized spacial score (nSPS) is 11.5. The summed E-state index contributed by atoms with van der Waals surface area (Å²) < 4.78 is 6.29. The molecule has 7 heteroatoms. The van der Waals surface area contributed by atoms with Crippen molar-refractivity contribution in [2.24, 2.45) is 0 Å². The first-order chi connectivity index (χ1) is 21.5. The zero-order valence-electron chi connectivity index (χ0n) is 26.3. The summed E-state index contributed by atoms with van der Waals surface area (Å²) in [6, 6.07) is 29.6. The largest absolute Gasteiger partial charge is 0.489 e. The average Bonchev–Trinajstić information content (AvgIpc) is 3.01. The summed E-state index contributed by atoms with van der Waals surface area (Å²) >= 11 is 6.72. The van der Waals surface area contributed by atoms with Gasteiger partial charge in [-0.3, -0.25) is 9.69 Å². The maximum atomic E-state index is 11.3. The van der Waals surface area contributed by atoms with Gasteiger partial charge in [-0.1, -0.05) is 99.1 Å². The van der Waals surface area contributed by atoms with Crippen molar-refractivity contribution in [3.8, 4) is 16.9 Å². The highest BCUT2D eigenvalue weighted by Crippen LogP contribution is 2.30. The minimum atomic E-state index is -0.952. The van der Waals surface area contributed by atoms with E-state index in [0.717, 1.165) is 59.5 Å². The number of benzene rings is 4. The summed E-state index contributed by atoms with van der Waals surface area (Å²) in [4.78, 5) is 24.5. The summed E-state index contributed by atoms with van der Waals surface area (Å²) in [5, 5.41) is 18.9. The molecule has 4 rings (SSSR count). The zero-order chi connectivity index (χ0) is 32.4. The van der Waals surface area contributed by atoms with Gasteiger partial charge in [0.15, 0.2) is 0 Å². The van der Waals surface area contributed by atoms with Crippen molar-refractivity contribution in [2.75, 3.05) is 13.1 Å². The van der Waals surface area contributed by atoms with Crippen molar-refractivity contribution in [1.29, 1.82) is 0 Å². The number of ether oxygens (including phenoxy) is 1. The van der Waals surface area contributed by atoms with Gasteiger partial charge in [0.25, 0.3) is 0 Å². The third-order valence-corrected chi connectivity index (χ3v) is 8.26. The maximum Gasteiger partial charge on any atom is 0.335 e. The molecule has 0 aliphatic rings. The van der Waals surface area contributed by atoms with Crippen molar-refractivity contribution >= 4 is 23.5 Å². The number of carbonyl (C=O) groups is 2. The Hall–Kier alpha value is -4.13. The highest BCUT2D eigenvalue weighted by molar-refractivity contribution is 6.31. The second-order valence-corrected chi connectivity index (χ2v) is 12.8. The quantitative estimate of drug-likeness (QED) is 0.128. The fourth-order valence-electron chi connectivity index (χ4n) is 5.18. The first-order valence-electron chi connectivity index (χ1n) is 15.4. The van der Waals surface area contributed by atoms with Crippen LogP contribution in [-0.4, -0.2) is 40.1 Å². The van der Waals surface area contributed by atoms with Crippen LogP contribution in [0.15, 0.2) is 91.0 Å². The molecule has 0 atom stereocenters. The zero-order valence-corrected chi connectivity index (χ0v) is 27.0.